The van der Waals surface area contributed by atoms with Gasteiger partial charge in [0.25, 0.3) is 0 Å². The monoisotopic (exact) mass is 238 g/mol. The fourth-order valence-corrected chi connectivity index (χ4v) is 3.68. The number of carboxylic acids is 1. The van der Waals surface area contributed by atoms with Gasteiger partial charge in [0.1, 0.15) is 0 Å². The van der Waals surface area contributed by atoms with E-state index < -0.39 is 5.97 Å². The van der Waals surface area contributed by atoms with Crippen LogP contribution in [0.2, 0.25) is 0 Å². The molecule has 17 heavy (non-hydrogen) atoms. The molecule has 4 nitrogen and oxygen atoms in total. The molecule has 0 aromatic rings. The van der Waals surface area contributed by atoms with Crippen LogP contribution in [0.5, 0.6) is 0 Å². The summed E-state index contributed by atoms with van der Waals surface area (Å²) in [6, 6.07) is 1.03. The van der Waals surface area contributed by atoms with Crippen LogP contribution in [0.3, 0.4) is 0 Å². The Labute approximate surface area is 103 Å². The maximum Gasteiger partial charge on any atom is 0.308 e. The van der Waals surface area contributed by atoms with Crippen LogP contribution in [0, 0.1) is 5.92 Å². The number of rotatable bonds is 3. The highest BCUT2D eigenvalue weighted by atomic mass is 16.4. The van der Waals surface area contributed by atoms with Crippen LogP contribution in [0.15, 0.2) is 0 Å². The van der Waals surface area contributed by atoms with Gasteiger partial charge in [-0.05, 0) is 45.2 Å². The predicted octanol–water partition coefficient (Wildman–Crippen LogP) is 1.02. The van der Waals surface area contributed by atoms with Crippen molar-refractivity contribution in [3.8, 4) is 0 Å². The van der Waals surface area contributed by atoms with Gasteiger partial charge in [0.2, 0.25) is 0 Å². The van der Waals surface area contributed by atoms with Crippen molar-refractivity contribution in [1.29, 1.82) is 0 Å². The maximum absolute atomic E-state index is 11.0. The van der Waals surface area contributed by atoms with Crippen LogP contribution in [0.25, 0.3) is 0 Å². The molecule has 0 aromatic heterocycles. The molecule has 0 radical (unpaired) electrons. The lowest BCUT2D eigenvalue weighted by Gasteiger charge is -2.40. The molecule has 3 atom stereocenters. The minimum absolute atomic E-state index is 0.0904. The van der Waals surface area contributed by atoms with Gasteiger partial charge in [0.15, 0.2) is 0 Å². The van der Waals surface area contributed by atoms with Gasteiger partial charge in [0.05, 0.1) is 5.92 Å². The van der Waals surface area contributed by atoms with Crippen molar-refractivity contribution in [2.24, 2.45) is 5.92 Å². The van der Waals surface area contributed by atoms with E-state index in [0.29, 0.717) is 12.1 Å². The molecule has 2 aliphatic heterocycles. The van der Waals surface area contributed by atoms with Crippen LogP contribution in [0.4, 0.5) is 0 Å². The Hall–Kier alpha value is -0.610. The summed E-state index contributed by atoms with van der Waals surface area (Å²) in [5.74, 6) is -0.682. The molecule has 3 fully saturated rings. The largest absolute Gasteiger partial charge is 0.481 e. The lowest BCUT2D eigenvalue weighted by molar-refractivity contribution is -0.148. The molecule has 2 saturated heterocycles. The first-order valence-electron chi connectivity index (χ1n) is 6.96. The highest BCUT2D eigenvalue weighted by molar-refractivity contribution is 5.72. The quantitative estimate of drug-likeness (QED) is 0.797. The number of nitrogens with zero attached hydrogens (tertiary/aromatic N) is 2. The standard InChI is InChI=1S/C13H22N2O2/c16-13(17)11-3-4-12(11)15-8-5-10(9-15)14-6-1-2-7-14/h10-12H,1-9H2,(H,16,17). The summed E-state index contributed by atoms with van der Waals surface area (Å²) in [5.41, 5.74) is 0. The van der Waals surface area contributed by atoms with Crippen LogP contribution in [-0.4, -0.2) is 59.1 Å². The molecular weight excluding hydrogens is 216 g/mol. The number of carboxylic acid groups (broad SMARTS) is 1. The lowest BCUT2D eigenvalue weighted by Crippen LogP contribution is -2.50. The summed E-state index contributed by atoms with van der Waals surface area (Å²) in [6.45, 7) is 4.72. The second kappa shape index (κ2) is 4.58. The summed E-state index contributed by atoms with van der Waals surface area (Å²) in [5, 5.41) is 9.10. The summed E-state index contributed by atoms with van der Waals surface area (Å²) in [4.78, 5) is 16.1. The highest BCUT2D eigenvalue weighted by Crippen LogP contribution is 2.35. The Morgan fingerprint density at radius 1 is 1.00 bits per heavy atom. The smallest absolute Gasteiger partial charge is 0.308 e. The minimum Gasteiger partial charge on any atom is -0.481 e. The highest BCUT2D eigenvalue weighted by Gasteiger charge is 2.43. The second-order valence-electron chi connectivity index (χ2n) is 5.77. The van der Waals surface area contributed by atoms with Gasteiger partial charge in [-0.1, -0.05) is 0 Å². The van der Waals surface area contributed by atoms with E-state index in [1.54, 1.807) is 0 Å². The van der Waals surface area contributed by atoms with Gasteiger partial charge in [-0.2, -0.15) is 0 Å². The Kier molecular flexibility index (Phi) is 3.09. The second-order valence-corrected chi connectivity index (χ2v) is 5.77. The molecule has 3 rings (SSSR count). The summed E-state index contributed by atoms with van der Waals surface area (Å²) in [7, 11) is 0. The van der Waals surface area contributed by atoms with E-state index in [9.17, 15) is 4.79 Å². The molecule has 1 saturated carbocycles. The Balaban J connectivity index is 1.55. The van der Waals surface area contributed by atoms with E-state index in [0.717, 1.165) is 25.9 Å². The number of aliphatic carboxylic acids is 1. The third kappa shape index (κ3) is 2.08. The molecule has 0 aromatic carbocycles. The van der Waals surface area contributed by atoms with Crippen LogP contribution >= 0.6 is 0 Å². The third-order valence-corrected chi connectivity index (χ3v) is 4.88. The van der Waals surface area contributed by atoms with E-state index >= 15 is 0 Å². The zero-order valence-electron chi connectivity index (χ0n) is 10.3. The number of hydrogen-bond acceptors (Lipinski definition) is 3. The Morgan fingerprint density at radius 2 is 1.76 bits per heavy atom. The fraction of sp³-hybridized carbons (Fsp3) is 0.923. The summed E-state index contributed by atoms with van der Waals surface area (Å²) >= 11 is 0. The molecule has 0 amide bonds. The number of hydrogen-bond donors (Lipinski definition) is 1. The van der Waals surface area contributed by atoms with Crippen LogP contribution in [0.1, 0.15) is 32.1 Å². The van der Waals surface area contributed by atoms with E-state index in [-0.39, 0.29) is 5.92 Å². The molecule has 3 aliphatic rings. The van der Waals surface area contributed by atoms with E-state index in [4.69, 9.17) is 5.11 Å². The van der Waals surface area contributed by atoms with E-state index in [1.165, 1.54) is 32.4 Å². The van der Waals surface area contributed by atoms with Gasteiger partial charge in [-0.3, -0.25) is 14.6 Å². The van der Waals surface area contributed by atoms with E-state index in [1.807, 2.05) is 0 Å². The molecule has 96 valence electrons. The Bertz CT molecular complexity index is 302. The first kappa shape index (κ1) is 11.5. The average Bonchev–Trinajstić information content (AvgIpc) is 2.81. The topological polar surface area (TPSA) is 43.8 Å². The van der Waals surface area contributed by atoms with Crippen LogP contribution < -0.4 is 0 Å². The van der Waals surface area contributed by atoms with E-state index in [2.05, 4.69) is 9.80 Å². The number of likely N-dealkylation sites (tertiary alicyclic amines) is 2. The fourth-order valence-electron chi connectivity index (χ4n) is 3.68. The molecule has 4 heteroatoms. The van der Waals surface area contributed by atoms with Crippen molar-refractivity contribution in [3.63, 3.8) is 0 Å². The molecule has 3 unspecified atom stereocenters. The third-order valence-electron chi connectivity index (χ3n) is 4.88. The lowest BCUT2D eigenvalue weighted by atomic mass is 9.78. The van der Waals surface area contributed by atoms with Gasteiger partial charge in [-0.25, -0.2) is 0 Å². The molecule has 2 heterocycles. The zero-order chi connectivity index (χ0) is 11.8. The summed E-state index contributed by atoms with van der Waals surface area (Å²) < 4.78 is 0. The average molecular weight is 238 g/mol. The first-order valence-corrected chi connectivity index (χ1v) is 6.96. The molecule has 1 aliphatic carbocycles. The molecule has 0 bridgehead atoms. The Morgan fingerprint density at radius 3 is 2.35 bits per heavy atom. The molecule has 0 spiro atoms. The SMILES string of the molecule is O=C(O)C1CCC1N1CCC(N2CCCC2)C1. The van der Waals surface area contributed by atoms with Crippen molar-refractivity contribution < 1.29 is 9.90 Å². The van der Waals surface area contributed by atoms with Crippen molar-refractivity contribution in [2.75, 3.05) is 26.2 Å². The zero-order valence-corrected chi connectivity index (χ0v) is 10.3. The predicted molar refractivity (Wildman–Crippen MR) is 64.9 cm³/mol. The molecule has 1 N–H and O–H groups in total. The normalized spacial score (nSPS) is 39.4. The van der Waals surface area contributed by atoms with Crippen molar-refractivity contribution >= 4 is 5.97 Å². The van der Waals surface area contributed by atoms with Gasteiger partial charge in [-0.15, -0.1) is 0 Å². The minimum atomic E-state index is -0.592. The van der Waals surface area contributed by atoms with Crippen LogP contribution in [-0.2, 0) is 4.79 Å². The van der Waals surface area contributed by atoms with Crippen molar-refractivity contribution in [2.45, 2.75) is 44.2 Å². The van der Waals surface area contributed by atoms with Gasteiger partial charge < -0.3 is 5.11 Å². The first-order chi connectivity index (χ1) is 8.25. The van der Waals surface area contributed by atoms with Gasteiger partial charge >= 0.3 is 5.97 Å². The van der Waals surface area contributed by atoms with Gasteiger partial charge in [0, 0.05) is 25.2 Å². The number of carbonyl (C=O) groups is 1. The maximum atomic E-state index is 11.0. The summed E-state index contributed by atoms with van der Waals surface area (Å²) in [6.07, 6.45) is 5.90. The van der Waals surface area contributed by atoms with Crippen molar-refractivity contribution in [3.05, 3.63) is 0 Å². The molecular formula is C13H22N2O2. The van der Waals surface area contributed by atoms with Crippen molar-refractivity contribution in [1.82, 2.24) is 9.80 Å².